The maximum absolute atomic E-state index is 12.2. The summed E-state index contributed by atoms with van der Waals surface area (Å²) >= 11 is 7.54. The van der Waals surface area contributed by atoms with E-state index in [9.17, 15) is 4.79 Å². The second kappa shape index (κ2) is 5.90. The van der Waals surface area contributed by atoms with Crippen LogP contribution < -0.4 is 4.90 Å². The largest absolute Gasteiger partial charge is 0.306 e. The number of anilines is 1. The van der Waals surface area contributed by atoms with Crippen LogP contribution in [0, 0.1) is 0 Å². The van der Waals surface area contributed by atoms with Crippen LogP contribution in [0.5, 0.6) is 0 Å². The first-order valence-corrected chi connectivity index (χ1v) is 7.96. The summed E-state index contributed by atoms with van der Waals surface area (Å²) in [5.74, 6) is 0.869. The summed E-state index contributed by atoms with van der Waals surface area (Å²) < 4.78 is 0. The first-order chi connectivity index (χ1) is 9.79. The molecule has 0 aromatic heterocycles. The number of benzene rings is 2. The zero-order valence-corrected chi connectivity index (χ0v) is 12.5. The molecule has 0 aliphatic carbocycles. The lowest BCUT2D eigenvalue weighted by Crippen LogP contribution is -2.32. The Morgan fingerprint density at radius 1 is 1.10 bits per heavy atom. The van der Waals surface area contributed by atoms with E-state index < -0.39 is 0 Å². The zero-order valence-electron chi connectivity index (χ0n) is 10.9. The molecule has 0 unspecified atom stereocenters. The van der Waals surface area contributed by atoms with E-state index in [4.69, 9.17) is 11.6 Å². The third kappa shape index (κ3) is 2.56. The third-order valence-corrected chi connectivity index (χ3v) is 4.74. The van der Waals surface area contributed by atoms with Crippen LogP contribution in [0.3, 0.4) is 0 Å². The molecule has 20 heavy (non-hydrogen) atoms. The van der Waals surface area contributed by atoms with Gasteiger partial charge < -0.3 is 4.90 Å². The average molecular weight is 304 g/mol. The van der Waals surface area contributed by atoms with Crippen LogP contribution in [0.4, 0.5) is 5.69 Å². The number of halogens is 1. The van der Waals surface area contributed by atoms with Gasteiger partial charge in [0.05, 0.1) is 12.2 Å². The topological polar surface area (TPSA) is 20.3 Å². The molecule has 1 aliphatic rings. The SMILES string of the molecule is O=C(CCl)N1Cc2ccccc2CSc2ccccc21. The number of para-hydroxylation sites is 1. The molecule has 1 aliphatic heterocycles. The fraction of sp³-hybridized carbons (Fsp3) is 0.188. The number of carbonyl (C=O) groups is 1. The standard InChI is InChI=1S/C16H14ClNOS/c17-9-16(19)18-10-12-5-1-2-6-13(12)11-20-15-8-4-3-7-14(15)18/h1-8H,9-11H2. The van der Waals surface area contributed by atoms with Crippen LogP contribution in [0.25, 0.3) is 0 Å². The maximum atomic E-state index is 12.2. The van der Waals surface area contributed by atoms with E-state index in [1.54, 1.807) is 16.7 Å². The molecule has 0 atom stereocenters. The summed E-state index contributed by atoms with van der Waals surface area (Å²) in [7, 11) is 0. The molecule has 0 fully saturated rings. The number of hydrogen-bond acceptors (Lipinski definition) is 2. The Morgan fingerprint density at radius 3 is 2.60 bits per heavy atom. The second-order valence-electron chi connectivity index (χ2n) is 4.64. The minimum Gasteiger partial charge on any atom is -0.306 e. The minimum absolute atomic E-state index is 0.00116. The van der Waals surface area contributed by atoms with Crippen molar-refractivity contribution in [1.29, 1.82) is 0 Å². The molecule has 0 radical (unpaired) electrons. The number of fused-ring (bicyclic) bond motifs is 2. The molecule has 102 valence electrons. The van der Waals surface area contributed by atoms with Crippen LogP contribution in [-0.4, -0.2) is 11.8 Å². The van der Waals surface area contributed by atoms with Gasteiger partial charge in [0.1, 0.15) is 5.88 Å². The molecule has 2 aromatic rings. The summed E-state index contributed by atoms with van der Waals surface area (Å²) in [5, 5.41) is 0. The lowest BCUT2D eigenvalue weighted by molar-refractivity contribution is -0.116. The third-order valence-electron chi connectivity index (χ3n) is 3.40. The fourth-order valence-corrected chi connectivity index (χ4v) is 3.60. The number of nitrogens with zero attached hydrogens (tertiary/aromatic N) is 1. The van der Waals surface area contributed by atoms with Gasteiger partial charge in [-0.25, -0.2) is 0 Å². The number of amides is 1. The molecule has 2 nitrogen and oxygen atoms in total. The lowest BCUT2D eigenvalue weighted by Gasteiger charge is -2.27. The Kier molecular flexibility index (Phi) is 3.99. The molecule has 0 saturated carbocycles. The van der Waals surface area contributed by atoms with Crippen molar-refractivity contribution in [2.24, 2.45) is 0 Å². The highest BCUT2D eigenvalue weighted by molar-refractivity contribution is 7.98. The number of rotatable bonds is 1. The summed E-state index contributed by atoms with van der Waals surface area (Å²) in [5.41, 5.74) is 3.42. The van der Waals surface area contributed by atoms with Crippen LogP contribution in [-0.2, 0) is 17.1 Å². The van der Waals surface area contributed by atoms with Crippen LogP contribution >= 0.6 is 23.4 Å². The Hall–Kier alpha value is -1.45. The van der Waals surface area contributed by atoms with Crippen molar-refractivity contribution in [3.8, 4) is 0 Å². The Balaban J connectivity index is 2.08. The van der Waals surface area contributed by atoms with Crippen LogP contribution in [0.1, 0.15) is 11.1 Å². The number of thioether (sulfide) groups is 1. The highest BCUT2D eigenvalue weighted by Crippen LogP contribution is 2.36. The quantitative estimate of drug-likeness (QED) is 0.740. The average Bonchev–Trinajstić information content (AvgIpc) is 2.49. The first-order valence-electron chi connectivity index (χ1n) is 6.44. The van der Waals surface area contributed by atoms with Gasteiger partial charge in [-0.15, -0.1) is 23.4 Å². The molecule has 0 saturated heterocycles. The molecule has 2 aromatic carbocycles. The fourth-order valence-electron chi connectivity index (χ4n) is 2.36. The second-order valence-corrected chi connectivity index (χ2v) is 5.92. The predicted molar refractivity (Wildman–Crippen MR) is 84.4 cm³/mol. The highest BCUT2D eigenvalue weighted by atomic mass is 35.5. The van der Waals surface area contributed by atoms with E-state index in [0.29, 0.717) is 6.54 Å². The Bertz CT molecular complexity index is 644. The molecule has 4 heteroatoms. The van der Waals surface area contributed by atoms with Gasteiger partial charge in [0.15, 0.2) is 0 Å². The summed E-state index contributed by atoms with van der Waals surface area (Å²) in [6, 6.07) is 16.3. The van der Waals surface area contributed by atoms with Crippen molar-refractivity contribution in [1.82, 2.24) is 0 Å². The summed E-state index contributed by atoms with van der Waals surface area (Å²) in [4.78, 5) is 15.1. The van der Waals surface area contributed by atoms with Gasteiger partial charge in [0.25, 0.3) is 0 Å². The van der Waals surface area contributed by atoms with Crippen LogP contribution in [0.2, 0.25) is 0 Å². The van der Waals surface area contributed by atoms with Gasteiger partial charge in [-0.3, -0.25) is 4.79 Å². The minimum atomic E-state index is -0.0589. The van der Waals surface area contributed by atoms with E-state index in [2.05, 4.69) is 18.2 Å². The zero-order chi connectivity index (χ0) is 13.9. The number of carbonyl (C=O) groups excluding carboxylic acids is 1. The molecule has 1 amide bonds. The van der Waals surface area contributed by atoms with Gasteiger partial charge in [-0.2, -0.15) is 0 Å². The van der Waals surface area contributed by atoms with Crippen molar-refractivity contribution < 1.29 is 4.79 Å². The van der Waals surface area contributed by atoms with Crippen LogP contribution in [0.15, 0.2) is 53.4 Å². The van der Waals surface area contributed by atoms with Crippen molar-refractivity contribution in [2.75, 3.05) is 10.8 Å². The summed E-state index contributed by atoms with van der Waals surface area (Å²) in [6.45, 7) is 0.583. The summed E-state index contributed by atoms with van der Waals surface area (Å²) in [6.07, 6.45) is 0. The van der Waals surface area contributed by atoms with Gasteiger partial charge >= 0.3 is 0 Å². The lowest BCUT2D eigenvalue weighted by atomic mass is 10.1. The van der Waals surface area contributed by atoms with Crippen molar-refractivity contribution in [2.45, 2.75) is 17.2 Å². The van der Waals surface area contributed by atoms with Gasteiger partial charge in [0, 0.05) is 10.6 Å². The molecule has 0 bridgehead atoms. The van der Waals surface area contributed by atoms with Crippen molar-refractivity contribution >= 4 is 35.0 Å². The van der Waals surface area contributed by atoms with Crippen molar-refractivity contribution in [3.05, 3.63) is 59.7 Å². The number of hydrogen-bond donors (Lipinski definition) is 0. The molecular formula is C16H14ClNOS. The molecule has 3 rings (SSSR count). The normalized spacial score (nSPS) is 13.9. The monoisotopic (exact) mass is 303 g/mol. The van der Waals surface area contributed by atoms with E-state index in [-0.39, 0.29) is 11.8 Å². The molecule has 0 spiro atoms. The van der Waals surface area contributed by atoms with E-state index in [0.717, 1.165) is 16.3 Å². The molecule has 1 heterocycles. The Labute approximate surface area is 127 Å². The van der Waals surface area contributed by atoms with Gasteiger partial charge in [-0.1, -0.05) is 36.4 Å². The smallest absolute Gasteiger partial charge is 0.242 e. The first kappa shape index (κ1) is 13.5. The number of alkyl halides is 1. The van der Waals surface area contributed by atoms with Gasteiger partial charge in [0.2, 0.25) is 5.91 Å². The van der Waals surface area contributed by atoms with E-state index in [1.807, 2.05) is 30.3 Å². The highest BCUT2D eigenvalue weighted by Gasteiger charge is 2.21. The van der Waals surface area contributed by atoms with Crippen molar-refractivity contribution in [3.63, 3.8) is 0 Å². The van der Waals surface area contributed by atoms with Gasteiger partial charge in [-0.05, 0) is 23.3 Å². The van der Waals surface area contributed by atoms with E-state index in [1.165, 1.54) is 11.1 Å². The Morgan fingerprint density at radius 2 is 1.80 bits per heavy atom. The molecular weight excluding hydrogens is 290 g/mol. The molecule has 0 N–H and O–H groups in total. The maximum Gasteiger partial charge on any atom is 0.242 e. The predicted octanol–water partition coefficient (Wildman–Crippen LogP) is 4.06. The van der Waals surface area contributed by atoms with E-state index >= 15 is 0 Å².